The van der Waals surface area contributed by atoms with Crippen LogP contribution in [0, 0.1) is 11.3 Å². The van der Waals surface area contributed by atoms with Crippen molar-refractivity contribution in [2.75, 3.05) is 31.1 Å². The van der Waals surface area contributed by atoms with Gasteiger partial charge in [0, 0.05) is 43.5 Å². The highest BCUT2D eigenvalue weighted by Crippen LogP contribution is 2.36. The molecule has 148 valence electrons. The molecular weight excluding hydrogens is 358 g/mol. The third-order valence-electron chi connectivity index (χ3n) is 5.37. The number of aromatic nitrogens is 2. The first-order chi connectivity index (χ1) is 13.5. The molecule has 1 fully saturated rings. The molecule has 8 heteroatoms. The monoisotopic (exact) mass is 383 g/mol. The molecule has 8 nitrogen and oxygen atoms in total. The first kappa shape index (κ1) is 18.3. The standard InChI is InChI=1S/C20H25N5O3/c1-3-18(26)25-7-5-14(10-17(25)21)24-8-9-28-16-11-15(22-19(16)24)20(27)23-6-4-13(2)12-23/h5,7,10-11,13,21-22H,3-4,6,8-9,12H2,1-2H3/t13-/m1/s1. The predicted molar refractivity (Wildman–Crippen MR) is 104 cm³/mol. The second-order valence-corrected chi connectivity index (χ2v) is 7.43. The lowest BCUT2D eigenvalue weighted by Crippen LogP contribution is -2.31. The summed E-state index contributed by atoms with van der Waals surface area (Å²) in [7, 11) is 0. The van der Waals surface area contributed by atoms with Crippen molar-refractivity contribution >= 4 is 23.3 Å². The molecule has 1 atom stereocenters. The maximum absolute atomic E-state index is 12.8. The van der Waals surface area contributed by atoms with E-state index in [4.69, 9.17) is 10.1 Å². The van der Waals surface area contributed by atoms with Gasteiger partial charge in [0.05, 0.1) is 6.54 Å². The number of amides is 1. The van der Waals surface area contributed by atoms with Crippen molar-refractivity contribution in [1.29, 1.82) is 5.41 Å². The zero-order chi connectivity index (χ0) is 19.8. The Kier molecular flexibility index (Phi) is 4.70. The lowest BCUT2D eigenvalue weighted by molar-refractivity contribution is 0.0782. The molecule has 2 aromatic heterocycles. The summed E-state index contributed by atoms with van der Waals surface area (Å²) in [6, 6.07) is 5.23. The Bertz CT molecular complexity index is 976. The van der Waals surface area contributed by atoms with E-state index in [9.17, 15) is 9.59 Å². The van der Waals surface area contributed by atoms with Crippen LogP contribution in [-0.2, 0) is 0 Å². The molecule has 1 amide bonds. The van der Waals surface area contributed by atoms with Gasteiger partial charge in [0.1, 0.15) is 17.8 Å². The first-order valence-corrected chi connectivity index (χ1v) is 9.71. The number of carbonyl (C=O) groups is 2. The molecule has 2 aliphatic rings. The van der Waals surface area contributed by atoms with Crippen molar-refractivity contribution < 1.29 is 14.3 Å². The Morgan fingerprint density at radius 1 is 1.32 bits per heavy atom. The average Bonchev–Trinajstić information content (AvgIpc) is 3.32. The highest BCUT2D eigenvalue weighted by molar-refractivity contribution is 5.94. The minimum absolute atomic E-state index is 0.0112. The number of anilines is 2. The predicted octanol–water partition coefficient (Wildman–Crippen LogP) is 2.36. The van der Waals surface area contributed by atoms with Crippen LogP contribution in [0.25, 0.3) is 0 Å². The lowest BCUT2D eigenvalue weighted by Gasteiger charge is -2.28. The van der Waals surface area contributed by atoms with Crippen LogP contribution in [0.5, 0.6) is 5.75 Å². The fourth-order valence-electron chi connectivity index (χ4n) is 3.80. The van der Waals surface area contributed by atoms with Gasteiger partial charge >= 0.3 is 0 Å². The second-order valence-electron chi connectivity index (χ2n) is 7.43. The summed E-state index contributed by atoms with van der Waals surface area (Å²) in [5.74, 6) is 1.74. The van der Waals surface area contributed by atoms with Crippen molar-refractivity contribution in [3.63, 3.8) is 0 Å². The molecule has 1 saturated heterocycles. The van der Waals surface area contributed by atoms with E-state index >= 15 is 0 Å². The lowest BCUT2D eigenvalue weighted by atomic mass is 10.2. The van der Waals surface area contributed by atoms with E-state index in [0.29, 0.717) is 42.8 Å². The molecule has 28 heavy (non-hydrogen) atoms. The van der Waals surface area contributed by atoms with Gasteiger partial charge in [0.15, 0.2) is 11.6 Å². The van der Waals surface area contributed by atoms with Gasteiger partial charge in [0.25, 0.3) is 5.91 Å². The summed E-state index contributed by atoms with van der Waals surface area (Å²) < 4.78 is 7.09. The molecule has 0 aliphatic carbocycles. The third-order valence-corrected chi connectivity index (χ3v) is 5.37. The first-order valence-electron chi connectivity index (χ1n) is 9.71. The van der Waals surface area contributed by atoms with Crippen LogP contribution < -0.4 is 15.1 Å². The normalized spacial score (nSPS) is 18.7. The quantitative estimate of drug-likeness (QED) is 0.851. The molecule has 0 saturated carbocycles. The highest BCUT2D eigenvalue weighted by Gasteiger charge is 2.29. The molecule has 2 aliphatic heterocycles. The van der Waals surface area contributed by atoms with Gasteiger partial charge in [-0.2, -0.15) is 0 Å². The minimum atomic E-state index is -0.119. The number of hydrogen-bond donors (Lipinski definition) is 2. The van der Waals surface area contributed by atoms with Gasteiger partial charge in [-0.05, 0) is 18.4 Å². The fourth-order valence-corrected chi connectivity index (χ4v) is 3.80. The van der Waals surface area contributed by atoms with Gasteiger partial charge in [-0.3, -0.25) is 19.6 Å². The molecule has 0 unspecified atom stereocenters. The van der Waals surface area contributed by atoms with Crippen LogP contribution in [-0.4, -0.2) is 52.5 Å². The van der Waals surface area contributed by atoms with Crippen molar-refractivity contribution in [3.05, 3.63) is 35.6 Å². The fraction of sp³-hybridized carbons (Fsp3) is 0.450. The molecule has 2 N–H and O–H groups in total. The van der Waals surface area contributed by atoms with E-state index in [2.05, 4.69) is 11.9 Å². The average molecular weight is 383 g/mol. The van der Waals surface area contributed by atoms with Gasteiger partial charge in [0.2, 0.25) is 5.91 Å². The van der Waals surface area contributed by atoms with E-state index < -0.39 is 0 Å². The van der Waals surface area contributed by atoms with Crippen LogP contribution in [0.4, 0.5) is 11.5 Å². The maximum Gasteiger partial charge on any atom is 0.270 e. The zero-order valence-electron chi connectivity index (χ0n) is 16.2. The summed E-state index contributed by atoms with van der Waals surface area (Å²) in [5, 5.41) is 8.17. The zero-order valence-corrected chi connectivity index (χ0v) is 16.2. The van der Waals surface area contributed by atoms with Crippen LogP contribution >= 0.6 is 0 Å². The van der Waals surface area contributed by atoms with E-state index in [1.807, 2.05) is 15.9 Å². The number of nitrogens with zero attached hydrogens (tertiary/aromatic N) is 3. The number of aromatic amines is 1. The van der Waals surface area contributed by atoms with Gasteiger partial charge in [-0.1, -0.05) is 13.8 Å². The van der Waals surface area contributed by atoms with E-state index in [1.54, 1.807) is 25.3 Å². The van der Waals surface area contributed by atoms with Crippen LogP contribution in [0.15, 0.2) is 24.4 Å². The molecular formula is C20H25N5O3. The minimum Gasteiger partial charge on any atom is -0.488 e. The number of fused-ring (bicyclic) bond motifs is 1. The van der Waals surface area contributed by atoms with Crippen LogP contribution in [0.3, 0.4) is 0 Å². The van der Waals surface area contributed by atoms with E-state index in [0.717, 1.165) is 25.2 Å². The Morgan fingerprint density at radius 3 is 2.82 bits per heavy atom. The smallest absolute Gasteiger partial charge is 0.270 e. The number of pyridine rings is 1. The van der Waals surface area contributed by atoms with Gasteiger partial charge < -0.3 is 19.5 Å². The van der Waals surface area contributed by atoms with Crippen molar-refractivity contribution in [3.8, 4) is 5.75 Å². The summed E-state index contributed by atoms with van der Waals surface area (Å²) in [4.78, 5) is 31.8. The van der Waals surface area contributed by atoms with Crippen molar-refractivity contribution in [1.82, 2.24) is 14.5 Å². The van der Waals surface area contributed by atoms with Crippen molar-refractivity contribution in [2.45, 2.75) is 26.7 Å². The molecule has 4 heterocycles. The van der Waals surface area contributed by atoms with E-state index in [1.165, 1.54) is 4.57 Å². The number of hydrogen-bond acceptors (Lipinski definition) is 5. The molecule has 0 spiro atoms. The topological polar surface area (TPSA) is 94.4 Å². The SMILES string of the molecule is CCC(=O)n1ccc(N2CCOc3cc(C(=O)N4CC[C@@H](C)C4)[nH]c32)cc1=N. The molecule has 4 rings (SSSR count). The van der Waals surface area contributed by atoms with Crippen LogP contribution in [0.2, 0.25) is 0 Å². The third kappa shape index (κ3) is 3.19. The Labute approximate surface area is 163 Å². The number of nitrogens with one attached hydrogen (secondary N) is 2. The largest absolute Gasteiger partial charge is 0.488 e. The van der Waals surface area contributed by atoms with E-state index in [-0.39, 0.29) is 17.3 Å². The number of likely N-dealkylation sites (tertiary alicyclic amines) is 1. The number of H-pyrrole nitrogens is 1. The number of rotatable bonds is 3. The Balaban J connectivity index is 1.63. The summed E-state index contributed by atoms with van der Waals surface area (Å²) in [6.45, 7) is 6.55. The van der Waals surface area contributed by atoms with Gasteiger partial charge in [-0.25, -0.2) is 0 Å². The second kappa shape index (κ2) is 7.18. The Hall–Kier alpha value is -3.03. The van der Waals surface area contributed by atoms with Crippen LogP contribution in [0.1, 0.15) is 42.0 Å². The maximum atomic E-state index is 12.8. The Morgan fingerprint density at radius 2 is 2.14 bits per heavy atom. The highest BCUT2D eigenvalue weighted by atomic mass is 16.5. The number of carbonyl (C=O) groups excluding carboxylic acids is 2. The van der Waals surface area contributed by atoms with Gasteiger partial charge in [-0.15, -0.1) is 0 Å². The summed E-state index contributed by atoms with van der Waals surface area (Å²) >= 11 is 0. The molecule has 0 aromatic carbocycles. The molecule has 2 aromatic rings. The molecule has 0 bridgehead atoms. The summed E-state index contributed by atoms with van der Waals surface area (Å²) in [5.41, 5.74) is 1.43. The molecule has 0 radical (unpaired) electrons. The number of ether oxygens (including phenoxy) is 1. The van der Waals surface area contributed by atoms with Crippen molar-refractivity contribution in [2.24, 2.45) is 5.92 Å². The summed E-state index contributed by atoms with van der Waals surface area (Å²) in [6.07, 6.45) is 3.00.